The Morgan fingerprint density at radius 2 is 1.90 bits per heavy atom. The minimum atomic E-state index is -3.67. The molecule has 1 saturated heterocycles. The molecule has 7 nitrogen and oxygen atoms in total. The van der Waals surface area contributed by atoms with Gasteiger partial charge in [0.05, 0.1) is 24.6 Å². The van der Waals surface area contributed by atoms with Crippen molar-refractivity contribution in [3.63, 3.8) is 0 Å². The van der Waals surface area contributed by atoms with Crippen LogP contribution in [0, 0.1) is 0 Å². The molecule has 0 bridgehead atoms. The Labute approximate surface area is 175 Å². The van der Waals surface area contributed by atoms with E-state index in [-0.39, 0.29) is 4.90 Å². The molecule has 2 aromatic heterocycles. The van der Waals surface area contributed by atoms with Crippen molar-refractivity contribution < 1.29 is 13.2 Å². The Morgan fingerprint density at radius 3 is 2.62 bits per heavy atom. The fourth-order valence-electron chi connectivity index (χ4n) is 3.28. The second kappa shape index (κ2) is 9.19. The predicted octanol–water partition coefficient (Wildman–Crippen LogP) is 2.27. The van der Waals surface area contributed by atoms with Gasteiger partial charge in [0.1, 0.15) is 10.6 Å². The van der Waals surface area contributed by atoms with Crippen molar-refractivity contribution in [3.05, 3.63) is 59.6 Å². The second-order valence-corrected chi connectivity index (χ2v) is 9.54. The summed E-state index contributed by atoms with van der Waals surface area (Å²) in [6, 6.07) is 13.7. The molecule has 0 atom stereocenters. The summed E-state index contributed by atoms with van der Waals surface area (Å²) in [5, 5.41) is 6.52. The van der Waals surface area contributed by atoms with Gasteiger partial charge in [-0.25, -0.2) is 13.1 Å². The Bertz CT molecular complexity index is 1010. The minimum absolute atomic E-state index is 0.220. The zero-order valence-electron chi connectivity index (χ0n) is 16.0. The average molecular weight is 433 g/mol. The van der Waals surface area contributed by atoms with Crippen LogP contribution in [0.3, 0.4) is 0 Å². The summed E-state index contributed by atoms with van der Waals surface area (Å²) >= 11 is 1.48. The third-order valence-electron chi connectivity index (χ3n) is 4.78. The van der Waals surface area contributed by atoms with Gasteiger partial charge in [0.25, 0.3) is 0 Å². The fourth-order valence-corrected chi connectivity index (χ4v) is 5.25. The lowest BCUT2D eigenvalue weighted by atomic mass is 10.2. The SMILES string of the molecule is O=S(=O)(NCCN1CCOCC1)c1cn(Cc2ccccc2)nc1-c1cccs1. The van der Waals surface area contributed by atoms with Crippen LogP contribution in [0.25, 0.3) is 10.6 Å². The van der Waals surface area contributed by atoms with Crippen LogP contribution in [0.2, 0.25) is 0 Å². The van der Waals surface area contributed by atoms with Crippen LogP contribution in [-0.2, 0) is 21.3 Å². The standard InChI is InChI=1S/C20H24N4O3S2/c25-29(26,21-8-9-23-10-12-27-13-11-23)19-16-24(15-17-5-2-1-3-6-17)22-20(19)18-7-4-14-28-18/h1-7,14,16,21H,8-13,15H2. The molecule has 4 rings (SSSR count). The first kappa shape index (κ1) is 20.2. The molecule has 0 amide bonds. The molecule has 3 heterocycles. The number of ether oxygens (including phenoxy) is 1. The van der Waals surface area contributed by atoms with Crippen molar-refractivity contribution in [2.75, 3.05) is 39.4 Å². The zero-order valence-corrected chi connectivity index (χ0v) is 17.7. The average Bonchev–Trinajstić information content (AvgIpc) is 3.39. The largest absolute Gasteiger partial charge is 0.379 e. The third-order valence-corrected chi connectivity index (χ3v) is 7.12. The molecule has 1 fully saturated rings. The van der Waals surface area contributed by atoms with Gasteiger partial charge in [0.2, 0.25) is 10.0 Å². The third kappa shape index (κ3) is 5.12. The quantitative estimate of drug-likeness (QED) is 0.591. The van der Waals surface area contributed by atoms with Crippen LogP contribution in [0.1, 0.15) is 5.56 Å². The van der Waals surface area contributed by atoms with Gasteiger partial charge in [-0.05, 0) is 17.0 Å². The van der Waals surface area contributed by atoms with E-state index >= 15 is 0 Å². The van der Waals surface area contributed by atoms with Gasteiger partial charge in [0, 0.05) is 32.4 Å². The summed E-state index contributed by atoms with van der Waals surface area (Å²) in [5.41, 5.74) is 1.56. The van der Waals surface area contributed by atoms with E-state index < -0.39 is 10.0 Å². The molecule has 1 aliphatic rings. The van der Waals surface area contributed by atoms with E-state index in [1.807, 2.05) is 47.8 Å². The van der Waals surface area contributed by atoms with Crippen LogP contribution in [0.4, 0.5) is 0 Å². The molecule has 0 saturated carbocycles. The van der Waals surface area contributed by atoms with E-state index in [1.54, 1.807) is 10.9 Å². The topological polar surface area (TPSA) is 76.5 Å². The number of aromatic nitrogens is 2. The number of rotatable bonds is 8. The summed E-state index contributed by atoms with van der Waals surface area (Å²) < 4.78 is 35.9. The van der Waals surface area contributed by atoms with Crippen molar-refractivity contribution in [1.82, 2.24) is 19.4 Å². The highest BCUT2D eigenvalue weighted by atomic mass is 32.2. The van der Waals surface area contributed by atoms with Crippen molar-refractivity contribution in [2.45, 2.75) is 11.4 Å². The second-order valence-electron chi connectivity index (χ2n) is 6.85. The van der Waals surface area contributed by atoms with Crippen LogP contribution in [-0.4, -0.2) is 62.5 Å². The number of hydrogen-bond donors (Lipinski definition) is 1. The number of morpholine rings is 1. The molecule has 9 heteroatoms. The van der Waals surface area contributed by atoms with E-state index in [1.165, 1.54) is 11.3 Å². The summed E-state index contributed by atoms with van der Waals surface area (Å²) in [6.45, 7) is 4.59. The van der Waals surface area contributed by atoms with Crippen LogP contribution in [0.15, 0.2) is 58.9 Å². The first-order valence-electron chi connectivity index (χ1n) is 9.57. The van der Waals surface area contributed by atoms with Crippen LogP contribution in [0.5, 0.6) is 0 Å². The fraction of sp³-hybridized carbons (Fsp3) is 0.350. The minimum Gasteiger partial charge on any atom is -0.379 e. The van der Waals surface area contributed by atoms with Gasteiger partial charge in [-0.1, -0.05) is 36.4 Å². The monoisotopic (exact) mass is 432 g/mol. The molecule has 0 radical (unpaired) electrons. The Kier molecular flexibility index (Phi) is 6.41. The van der Waals surface area contributed by atoms with E-state index in [9.17, 15) is 8.42 Å². The lowest BCUT2D eigenvalue weighted by molar-refractivity contribution is 0.0390. The Hall–Kier alpha value is -2.04. The van der Waals surface area contributed by atoms with Gasteiger partial charge in [-0.3, -0.25) is 9.58 Å². The zero-order chi connectivity index (χ0) is 20.1. The molecule has 1 aliphatic heterocycles. The number of nitrogens with one attached hydrogen (secondary N) is 1. The van der Waals surface area contributed by atoms with Gasteiger partial charge >= 0.3 is 0 Å². The molecule has 3 aromatic rings. The maximum atomic E-state index is 13.1. The molecule has 29 heavy (non-hydrogen) atoms. The first-order chi connectivity index (χ1) is 14.1. The van der Waals surface area contributed by atoms with Crippen molar-refractivity contribution in [2.24, 2.45) is 0 Å². The summed E-state index contributed by atoms with van der Waals surface area (Å²) in [5.74, 6) is 0. The maximum absolute atomic E-state index is 13.1. The number of nitrogens with zero attached hydrogens (tertiary/aromatic N) is 3. The van der Waals surface area contributed by atoms with Crippen molar-refractivity contribution in [3.8, 4) is 10.6 Å². The number of hydrogen-bond acceptors (Lipinski definition) is 6. The van der Waals surface area contributed by atoms with E-state index in [0.29, 0.717) is 38.5 Å². The number of sulfonamides is 1. The Balaban J connectivity index is 1.53. The molecule has 154 valence electrons. The van der Waals surface area contributed by atoms with Gasteiger partial charge in [-0.2, -0.15) is 5.10 Å². The van der Waals surface area contributed by atoms with E-state index in [0.717, 1.165) is 23.5 Å². The van der Waals surface area contributed by atoms with Gasteiger partial charge in [0.15, 0.2) is 0 Å². The maximum Gasteiger partial charge on any atom is 0.244 e. The highest BCUT2D eigenvalue weighted by Crippen LogP contribution is 2.29. The van der Waals surface area contributed by atoms with Crippen LogP contribution >= 0.6 is 11.3 Å². The predicted molar refractivity (Wildman–Crippen MR) is 114 cm³/mol. The molecule has 0 unspecified atom stereocenters. The highest BCUT2D eigenvalue weighted by molar-refractivity contribution is 7.89. The molecule has 1 aromatic carbocycles. The molecule has 0 spiro atoms. The molecule has 0 aliphatic carbocycles. The van der Waals surface area contributed by atoms with Crippen molar-refractivity contribution in [1.29, 1.82) is 0 Å². The lowest BCUT2D eigenvalue weighted by Crippen LogP contribution is -2.41. The molecular weight excluding hydrogens is 408 g/mol. The van der Waals surface area contributed by atoms with Gasteiger partial charge < -0.3 is 4.74 Å². The van der Waals surface area contributed by atoms with Gasteiger partial charge in [-0.15, -0.1) is 11.3 Å². The molecule has 1 N–H and O–H groups in total. The number of thiophene rings is 1. The first-order valence-corrected chi connectivity index (χ1v) is 11.9. The Morgan fingerprint density at radius 1 is 1.10 bits per heavy atom. The molecular formula is C20H24N4O3S2. The van der Waals surface area contributed by atoms with E-state index in [4.69, 9.17) is 4.74 Å². The summed E-state index contributed by atoms with van der Waals surface area (Å²) in [7, 11) is -3.67. The lowest BCUT2D eigenvalue weighted by Gasteiger charge is -2.26. The normalized spacial score (nSPS) is 15.6. The smallest absolute Gasteiger partial charge is 0.244 e. The van der Waals surface area contributed by atoms with Crippen molar-refractivity contribution >= 4 is 21.4 Å². The highest BCUT2D eigenvalue weighted by Gasteiger charge is 2.24. The summed E-state index contributed by atoms with van der Waals surface area (Å²) in [6.07, 6.45) is 1.62. The number of benzene rings is 1. The van der Waals surface area contributed by atoms with E-state index in [2.05, 4.69) is 14.7 Å². The van der Waals surface area contributed by atoms with Crippen LogP contribution < -0.4 is 4.72 Å². The summed E-state index contributed by atoms with van der Waals surface area (Å²) in [4.78, 5) is 3.26.